The number of aliphatic hydroxyl groups excluding tert-OH is 4. The summed E-state index contributed by atoms with van der Waals surface area (Å²) in [5.74, 6) is -9.93. The maximum atomic E-state index is 15.8. The van der Waals surface area contributed by atoms with Crippen LogP contribution in [-0.4, -0.2) is 172 Å². The number of methoxy groups -OCH3 is 1. The molecule has 3 aromatic carbocycles. The molecule has 81 heavy (non-hydrogen) atoms. The number of hydrogen-bond acceptors (Lipinski definition) is 22. The summed E-state index contributed by atoms with van der Waals surface area (Å²) in [6.07, 6.45) is -21.0. The Bertz CT molecular complexity index is 2900. The number of benzene rings is 3. The number of Topliss-reactive ketones (excluding diaryl/α,β-unsaturated/α-hetero) is 1. The quantitative estimate of drug-likeness (QED) is 0.0640. The van der Waals surface area contributed by atoms with Crippen LogP contribution < -0.4 is 5.32 Å². The number of carbonyl (C=O) groups excluding carboxylic acids is 8. The molecular formula is C58H67NO22. The lowest BCUT2D eigenvalue weighted by molar-refractivity contribution is -0.346. The van der Waals surface area contributed by atoms with Gasteiger partial charge in [0.15, 0.2) is 29.9 Å². The van der Waals surface area contributed by atoms with E-state index in [1.54, 1.807) is 54.6 Å². The lowest BCUT2D eigenvalue weighted by Gasteiger charge is -2.67. The van der Waals surface area contributed by atoms with E-state index in [-0.39, 0.29) is 34.3 Å². The molecule has 23 heteroatoms. The van der Waals surface area contributed by atoms with Crippen LogP contribution in [-0.2, 0) is 71.4 Å². The number of hydrogen-bond donors (Lipinski definition) is 6. The van der Waals surface area contributed by atoms with E-state index >= 15 is 9.59 Å². The molecule has 0 aromatic heterocycles. The Kier molecular flexibility index (Phi) is 17.7. The highest BCUT2D eigenvalue weighted by atomic mass is 16.7. The number of ketones is 1. The highest BCUT2D eigenvalue weighted by Crippen LogP contribution is 2.64. The second kappa shape index (κ2) is 23.9. The molecule has 0 spiro atoms. The van der Waals surface area contributed by atoms with Crippen LogP contribution in [0, 0.1) is 16.7 Å². The molecule has 2 bridgehead atoms. The molecule has 23 nitrogen and oxygen atoms in total. The SMILES string of the molecule is CO[C@@H]1O[C@H](CO)[C@@H](O)[C@@H](O)[C@@H]1OC(=O)CCC(=O)O[C@@H](C(=O)O[C@H]1C[C@@]2(O)[C@@H](OC(=O)c3ccccc3)C3[C@](C)(C(=O)[C@H](OC(C)=O)C(=C1C)C2(C)C)[C@@H](O)C[C@H]1OC[C@@]31OC(C)=O)[C@@H](NC(=O)c1ccccc1)c1ccccc1. The Morgan fingerprint density at radius 3 is 1.95 bits per heavy atom. The molecular weight excluding hydrogens is 1060 g/mol. The first-order valence-electron chi connectivity index (χ1n) is 26.4. The summed E-state index contributed by atoms with van der Waals surface area (Å²) in [7, 11) is 1.16. The minimum Gasteiger partial charge on any atom is -0.455 e. The Hall–Kier alpha value is -6.96. The van der Waals surface area contributed by atoms with E-state index in [0.29, 0.717) is 0 Å². The second-order valence-electron chi connectivity index (χ2n) is 21.7. The van der Waals surface area contributed by atoms with Crippen molar-refractivity contribution in [3.8, 4) is 0 Å². The smallest absolute Gasteiger partial charge is 0.350 e. The van der Waals surface area contributed by atoms with Crippen molar-refractivity contribution in [1.82, 2.24) is 5.32 Å². The van der Waals surface area contributed by atoms with E-state index in [9.17, 15) is 54.3 Å². The summed E-state index contributed by atoms with van der Waals surface area (Å²) in [4.78, 5) is 114. The van der Waals surface area contributed by atoms with Gasteiger partial charge >= 0.3 is 35.8 Å². The molecule has 436 valence electrons. The molecule has 6 N–H and O–H groups in total. The van der Waals surface area contributed by atoms with Crippen molar-refractivity contribution in [2.45, 2.75) is 152 Å². The molecule has 3 aliphatic carbocycles. The van der Waals surface area contributed by atoms with Gasteiger partial charge in [0.1, 0.15) is 48.3 Å². The molecule has 2 aliphatic heterocycles. The number of rotatable bonds is 17. The number of fused-ring (bicyclic) bond motifs is 5. The van der Waals surface area contributed by atoms with Crippen molar-refractivity contribution in [1.29, 1.82) is 0 Å². The zero-order valence-electron chi connectivity index (χ0n) is 45.6. The number of nitrogens with one attached hydrogen (secondary N) is 1. The predicted octanol–water partition coefficient (Wildman–Crippen LogP) is 2.06. The van der Waals surface area contributed by atoms with Crippen LogP contribution in [0.4, 0.5) is 0 Å². The number of amides is 1. The van der Waals surface area contributed by atoms with Crippen molar-refractivity contribution >= 4 is 47.5 Å². The van der Waals surface area contributed by atoms with Crippen molar-refractivity contribution in [2.24, 2.45) is 16.7 Å². The lowest BCUT2D eigenvalue weighted by atomic mass is 9.44. The zero-order valence-corrected chi connectivity index (χ0v) is 45.6. The van der Waals surface area contributed by atoms with Crippen molar-refractivity contribution in [3.05, 3.63) is 119 Å². The van der Waals surface area contributed by atoms with Crippen LogP contribution in [0.25, 0.3) is 0 Å². The monoisotopic (exact) mass is 1130 g/mol. The standard InChI is InChI=1S/C58H67NO22/c1-29-35(26-58(72)50(80-52(70)34-21-15-10-16-22-34)48-56(6,37(63)25-38-57(48,28-74-38)81-31(3)62)49(68)45(75-30(2)61)41(29)55(58,4)5)76-53(71)46(42(32-17-11-8-12-18-32)59-51(69)33-19-13-9-14-20-33)78-39(64)23-24-40(65)79-47-44(67)43(66)36(27-60)77-54(47)73-7/h8-22,35-38,42-48,50,54,60,63,66-67,72H,23-28H2,1-7H3,(H,59,69)/t35-,36+,37-,38+,42-,43+,44+,45+,46+,47-,48?,50-,54+,56+,57-,58+/m0/s1. The molecule has 0 radical (unpaired) electrons. The van der Waals surface area contributed by atoms with Crippen LogP contribution >= 0.6 is 0 Å². The number of ether oxygens (including phenoxy) is 9. The molecule has 2 saturated carbocycles. The average molecular weight is 1130 g/mol. The lowest BCUT2D eigenvalue weighted by Crippen LogP contribution is -2.82. The van der Waals surface area contributed by atoms with E-state index in [0.717, 1.165) is 21.0 Å². The van der Waals surface area contributed by atoms with Gasteiger partial charge < -0.3 is 73.5 Å². The van der Waals surface area contributed by atoms with E-state index in [2.05, 4.69) is 5.32 Å². The Morgan fingerprint density at radius 2 is 1.38 bits per heavy atom. The normalized spacial score (nSPS) is 32.7. The van der Waals surface area contributed by atoms with Crippen LogP contribution in [0.1, 0.15) is 99.5 Å². The second-order valence-corrected chi connectivity index (χ2v) is 21.7. The first kappa shape index (κ1) is 60.1. The van der Waals surface area contributed by atoms with Gasteiger partial charge in [0.25, 0.3) is 5.91 Å². The number of esters is 6. The predicted molar refractivity (Wildman–Crippen MR) is 275 cm³/mol. The van der Waals surface area contributed by atoms with Crippen LogP contribution in [0.5, 0.6) is 0 Å². The van der Waals surface area contributed by atoms with Gasteiger partial charge in [-0.05, 0) is 54.8 Å². The average Bonchev–Trinajstić information content (AvgIpc) is 3.63. The maximum Gasteiger partial charge on any atom is 0.350 e. The summed E-state index contributed by atoms with van der Waals surface area (Å²) >= 11 is 0. The third-order valence-electron chi connectivity index (χ3n) is 16.6. The summed E-state index contributed by atoms with van der Waals surface area (Å²) in [5, 5.41) is 59.9. The van der Waals surface area contributed by atoms with Gasteiger partial charge in [-0.25, -0.2) is 9.59 Å². The van der Waals surface area contributed by atoms with Gasteiger partial charge in [0, 0.05) is 44.8 Å². The summed E-state index contributed by atoms with van der Waals surface area (Å²) in [6, 6.07) is 21.7. The van der Waals surface area contributed by atoms with E-state index < -0.39 is 181 Å². The summed E-state index contributed by atoms with van der Waals surface area (Å²) in [6.45, 7) is 6.83. The van der Waals surface area contributed by atoms with Crippen LogP contribution in [0.2, 0.25) is 0 Å². The molecule has 2 saturated heterocycles. The largest absolute Gasteiger partial charge is 0.455 e. The molecule has 2 heterocycles. The zero-order chi connectivity index (χ0) is 58.9. The van der Waals surface area contributed by atoms with Gasteiger partial charge in [0.05, 0.1) is 49.1 Å². The van der Waals surface area contributed by atoms with E-state index in [1.807, 2.05) is 0 Å². The minimum atomic E-state index is -2.56. The molecule has 5 aliphatic rings. The fourth-order valence-electron chi connectivity index (χ4n) is 12.3. The Balaban J connectivity index is 1.23. The first-order valence-corrected chi connectivity index (χ1v) is 26.4. The summed E-state index contributed by atoms with van der Waals surface area (Å²) < 4.78 is 52.7. The fraction of sp³-hybridized carbons (Fsp3) is 0.517. The van der Waals surface area contributed by atoms with E-state index in [1.165, 1.54) is 64.1 Å². The van der Waals surface area contributed by atoms with E-state index in [4.69, 9.17) is 42.6 Å². The molecule has 4 fully saturated rings. The van der Waals surface area contributed by atoms with Crippen molar-refractivity contribution in [2.75, 3.05) is 20.3 Å². The fourth-order valence-corrected chi connectivity index (χ4v) is 12.3. The van der Waals surface area contributed by atoms with Gasteiger partial charge in [-0.3, -0.25) is 28.8 Å². The molecule has 16 atom stereocenters. The number of carbonyl (C=O) groups is 8. The van der Waals surface area contributed by atoms with Crippen LogP contribution in [0.15, 0.2) is 102 Å². The highest BCUT2D eigenvalue weighted by molar-refractivity contribution is 5.96. The Labute approximate surface area is 465 Å². The van der Waals surface area contributed by atoms with Gasteiger partial charge in [-0.2, -0.15) is 0 Å². The van der Waals surface area contributed by atoms with Gasteiger partial charge in [-0.1, -0.05) is 80.6 Å². The third-order valence-corrected chi connectivity index (χ3v) is 16.6. The van der Waals surface area contributed by atoms with Gasteiger partial charge in [-0.15, -0.1) is 0 Å². The molecule has 3 aromatic rings. The highest BCUT2D eigenvalue weighted by Gasteiger charge is 2.78. The number of aliphatic hydroxyl groups is 5. The minimum absolute atomic E-state index is 0.00556. The topological polar surface area (TPSA) is 333 Å². The van der Waals surface area contributed by atoms with Gasteiger partial charge in [0.2, 0.25) is 6.10 Å². The van der Waals surface area contributed by atoms with Crippen molar-refractivity contribution in [3.63, 3.8) is 0 Å². The maximum absolute atomic E-state index is 15.8. The molecule has 1 unspecified atom stereocenters. The Morgan fingerprint density at radius 1 is 0.778 bits per heavy atom. The molecule has 1 amide bonds. The molecule has 8 rings (SSSR count). The van der Waals surface area contributed by atoms with Crippen LogP contribution in [0.3, 0.4) is 0 Å². The first-order chi connectivity index (χ1) is 38.3. The summed E-state index contributed by atoms with van der Waals surface area (Å²) in [5.41, 5.74) is -8.20. The third kappa shape index (κ3) is 11.2. The van der Waals surface area contributed by atoms with Crippen molar-refractivity contribution < 1.29 is 107 Å².